The lowest BCUT2D eigenvalue weighted by atomic mass is 10.0. The highest BCUT2D eigenvalue weighted by atomic mass is 32.3. The third-order valence-electron chi connectivity index (χ3n) is 5.64. The van der Waals surface area contributed by atoms with Crippen molar-refractivity contribution >= 4 is 20.4 Å². The molecule has 0 bridgehead atoms. The Balaban J connectivity index is 1.53. The van der Waals surface area contributed by atoms with Crippen molar-refractivity contribution in [2.24, 2.45) is 0 Å². The smallest absolute Gasteiger partial charge is 0.187 e. The molecule has 3 aromatic carbocycles. The normalized spacial score (nSPS) is 18.5. The summed E-state index contributed by atoms with van der Waals surface area (Å²) in [4.78, 5) is 0.564. The number of sulfone groups is 1. The highest BCUT2D eigenvalue weighted by Gasteiger charge is 2.44. The van der Waals surface area contributed by atoms with Crippen LogP contribution in [0.4, 0.5) is 0 Å². The Morgan fingerprint density at radius 3 is 2.29 bits per heavy atom. The molecule has 0 saturated heterocycles. The minimum atomic E-state index is -3.74. The summed E-state index contributed by atoms with van der Waals surface area (Å²) in [6.07, 6.45) is 1.92. The zero-order chi connectivity index (χ0) is 21.9. The van der Waals surface area contributed by atoms with Gasteiger partial charge >= 0.3 is 0 Å². The molecule has 0 aliphatic carbocycles. The molecule has 0 amide bonds. The molecule has 4 rings (SSSR count). The number of fused-ring (bicyclic) bond motifs is 1. The van der Waals surface area contributed by atoms with Crippen molar-refractivity contribution in [3.05, 3.63) is 95.6 Å². The number of nitrogens with one attached hydrogen (secondary N) is 1. The van der Waals surface area contributed by atoms with E-state index < -0.39 is 25.7 Å². The summed E-state index contributed by atoms with van der Waals surface area (Å²) in [6.45, 7) is 1.26. The quantitative estimate of drug-likeness (QED) is 0.412. The van der Waals surface area contributed by atoms with Gasteiger partial charge in [0.2, 0.25) is 0 Å². The number of rotatable bonds is 8. The monoisotopic (exact) mass is 457 g/mol. The molecule has 1 aliphatic rings. The third-order valence-corrected chi connectivity index (χ3v) is 9.79. The molecular formula is C24H27NO4S2. The van der Waals surface area contributed by atoms with Crippen molar-refractivity contribution in [1.82, 2.24) is 5.32 Å². The Morgan fingerprint density at radius 2 is 1.58 bits per heavy atom. The molecule has 0 radical (unpaired) electrons. The first-order chi connectivity index (χ1) is 14.9. The predicted molar refractivity (Wildman–Crippen MR) is 125 cm³/mol. The summed E-state index contributed by atoms with van der Waals surface area (Å²) in [5.74, 6) is -0.190. The van der Waals surface area contributed by atoms with Gasteiger partial charge in [0.05, 0.1) is 15.5 Å². The van der Waals surface area contributed by atoms with Crippen molar-refractivity contribution in [3.8, 4) is 0 Å². The maximum absolute atomic E-state index is 13.3. The van der Waals surface area contributed by atoms with Gasteiger partial charge in [-0.25, -0.2) is 8.42 Å². The van der Waals surface area contributed by atoms with Gasteiger partial charge in [-0.15, -0.1) is 0 Å². The fourth-order valence-electron chi connectivity index (χ4n) is 4.08. The van der Waals surface area contributed by atoms with E-state index in [-0.39, 0.29) is 10.6 Å². The lowest BCUT2D eigenvalue weighted by molar-refractivity contribution is 0.491. The molecule has 1 unspecified atom stereocenters. The van der Waals surface area contributed by atoms with E-state index in [2.05, 4.69) is 17.4 Å². The molecule has 0 fully saturated rings. The zero-order valence-corrected chi connectivity index (χ0v) is 18.8. The molecule has 1 atom stereocenters. The van der Waals surface area contributed by atoms with Crippen molar-refractivity contribution in [1.29, 1.82) is 0 Å². The second-order valence-corrected chi connectivity index (χ2v) is 12.0. The predicted octanol–water partition coefficient (Wildman–Crippen LogP) is 5.05. The molecule has 31 heavy (non-hydrogen) atoms. The van der Waals surface area contributed by atoms with Gasteiger partial charge in [0.15, 0.2) is 9.84 Å². The Morgan fingerprint density at radius 1 is 0.903 bits per heavy atom. The maximum atomic E-state index is 13.3. The zero-order valence-electron chi connectivity index (χ0n) is 17.1. The molecule has 1 heterocycles. The average molecular weight is 458 g/mol. The van der Waals surface area contributed by atoms with Gasteiger partial charge in [0.25, 0.3) is 0 Å². The van der Waals surface area contributed by atoms with Gasteiger partial charge in [-0.3, -0.25) is 9.11 Å². The first kappa shape index (κ1) is 22.0. The Hall–Kier alpha value is -2.16. The summed E-state index contributed by atoms with van der Waals surface area (Å²) in [5, 5.41) is 2.43. The minimum absolute atomic E-state index is 0.190. The molecular weight excluding hydrogens is 430 g/mol. The van der Waals surface area contributed by atoms with Crippen LogP contribution in [0.2, 0.25) is 0 Å². The Kier molecular flexibility index (Phi) is 6.50. The van der Waals surface area contributed by atoms with Crippen molar-refractivity contribution in [2.75, 3.05) is 12.3 Å². The molecule has 0 saturated carbocycles. The third kappa shape index (κ3) is 4.71. The first-order valence-electron chi connectivity index (χ1n) is 10.3. The molecule has 1 aliphatic heterocycles. The van der Waals surface area contributed by atoms with Crippen LogP contribution in [0.15, 0.2) is 88.7 Å². The highest BCUT2D eigenvalue weighted by molar-refractivity contribution is 8.25. The summed E-state index contributed by atoms with van der Waals surface area (Å²) in [5.41, 5.74) is 2.63. The van der Waals surface area contributed by atoms with Crippen molar-refractivity contribution in [2.45, 2.75) is 34.4 Å². The second kappa shape index (κ2) is 9.14. The summed E-state index contributed by atoms with van der Waals surface area (Å²) < 4.78 is 48.0. The summed E-state index contributed by atoms with van der Waals surface area (Å²) in [6, 6.07) is 23.8. The number of hydrogen-bond acceptors (Lipinski definition) is 5. The van der Waals surface area contributed by atoms with Crippen LogP contribution >= 0.6 is 10.6 Å². The van der Waals surface area contributed by atoms with Crippen molar-refractivity contribution < 1.29 is 17.5 Å². The van der Waals surface area contributed by atoms with Crippen molar-refractivity contribution in [3.63, 3.8) is 0 Å². The van der Waals surface area contributed by atoms with Crippen LogP contribution in [-0.4, -0.2) is 29.8 Å². The standard InChI is InChI=1S/C24H27NO4S2/c26-30(27)18-23(31(28,29)21-13-5-2-6-14-21)24-20(12-7-15-22(24)30)17-25-16-8-11-19-9-3-1-4-10-19/h1-7,9-10,12-15,23,25-27H,8,11,16-18H2. The van der Waals surface area contributed by atoms with Gasteiger partial charge < -0.3 is 5.32 Å². The van der Waals surface area contributed by atoms with Gasteiger partial charge in [-0.05, 0) is 54.3 Å². The van der Waals surface area contributed by atoms with E-state index in [0.29, 0.717) is 17.0 Å². The van der Waals surface area contributed by atoms with E-state index >= 15 is 0 Å². The van der Waals surface area contributed by atoms with Gasteiger partial charge in [0.1, 0.15) is 5.25 Å². The lowest BCUT2D eigenvalue weighted by Crippen LogP contribution is -2.20. The SMILES string of the molecule is O=S(=O)(c1ccccc1)C1CS(O)(O)c2cccc(CNCCCc3ccccc3)c21. The largest absolute Gasteiger partial charge is 0.313 e. The fraction of sp³-hybridized carbons (Fsp3) is 0.250. The van der Waals surface area contributed by atoms with Crippen LogP contribution in [0.1, 0.15) is 28.4 Å². The molecule has 0 aromatic heterocycles. The van der Waals surface area contributed by atoms with Crippen LogP contribution in [0.3, 0.4) is 0 Å². The molecule has 164 valence electrons. The van der Waals surface area contributed by atoms with Gasteiger partial charge in [-0.2, -0.15) is 10.6 Å². The first-order valence-corrected chi connectivity index (χ1v) is 13.6. The summed E-state index contributed by atoms with van der Waals surface area (Å²) >= 11 is 0. The minimum Gasteiger partial charge on any atom is -0.313 e. The van der Waals surface area contributed by atoms with Gasteiger partial charge in [-0.1, -0.05) is 60.7 Å². The number of aryl methyl sites for hydroxylation is 1. The van der Waals surface area contributed by atoms with Crippen LogP contribution in [0.5, 0.6) is 0 Å². The topological polar surface area (TPSA) is 86.6 Å². The molecule has 0 spiro atoms. The van der Waals surface area contributed by atoms with E-state index in [1.165, 1.54) is 5.56 Å². The molecule has 7 heteroatoms. The van der Waals surface area contributed by atoms with E-state index in [9.17, 15) is 17.5 Å². The van der Waals surface area contributed by atoms with Gasteiger partial charge in [0, 0.05) is 6.54 Å². The Bertz CT molecular complexity index is 1130. The maximum Gasteiger partial charge on any atom is 0.187 e. The lowest BCUT2D eigenvalue weighted by Gasteiger charge is -2.27. The number of hydrogen-bond donors (Lipinski definition) is 3. The van der Waals surface area contributed by atoms with Crippen LogP contribution < -0.4 is 5.32 Å². The molecule has 5 nitrogen and oxygen atoms in total. The van der Waals surface area contributed by atoms with Crippen LogP contribution in [0, 0.1) is 0 Å². The fourth-order valence-corrected chi connectivity index (χ4v) is 8.59. The highest BCUT2D eigenvalue weighted by Crippen LogP contribution is 2.62. The van der Waals surface area contributed by atoms with E-state index in [0.717, 1.165) is 24.9 Å². The second-order valence-electron chi connectivity index (χ2n) is 7.78. The summed E-state index contributed by atoms with van der Waals surface area (Å²) in [7, 11) is -6.89. The number of benzene rings is 3. The van der Waals surface area contributed by atoms with E-state index in [1.54, 1.807) is 42.5 Å². The van der Waals surface area contributed by atoms with E-state index in [1.807, 2.05) is 24.3 Å². The average Bonchev–Trinajstić information content (AvgIpc) is 3.07. The van der Waals surface area contributed by atoms with E-state index in [4.69, 9.17) is 0 Å². The molecule has 3 N–H and O–H groups in total. The Labute approximate surface area is 185 Å². The molecule has 3 aromatic rings. The van der Waals surface area contributed by atoms with Crippen LogP contribution in [-0.2, 0) is 22.8 Å². The van der Waals surface area contributed by atoms with Crippen LogP contribution in [0.25, 0.3) is 0 Å².